The lowest BCUT2D eigenvalue weighted by molar-refractivity contribution is -0.119. The van der Waals surface area contributed by atoms with Crippen LogP contribution in [0, 0.1) is 0 Å². The number of imide groups is 1. The van der Waals surface area contributed by atoms with E-state index >= 15 is 0 Å². The van der Waals surface area contributed by atoms with E-state index in [1.54, 1.807) is 6.07 Å². The second-order valence-electron chi connectivity index (χ2n) is 3.79. The maximum atomic E-state index is 11.4. The topological polar surface area (TPSA) is 49.4 Å². The average Bonchev–Trinajstić information content (AvgIpc) is 2.16. The molecule has 0 saturated carbocycles. The largest absolute Gasteiger partial charge is 0.378 e. The summed E-state index contributed by atoms with van der Waals surface area (Å²) < 4.78 is 0. The van der Waals surface area contributed by atoms with Crippen LogP contribution in [0.25, 0.3) is 0 Å². The van der Waals surface area contributed by atoms with Gasteiger partial charge in [0.2, 0.25) is 5.91 Å². The van der Waals surface area contributed by atoms with Crippen molar-refractivity contribution in [2.24, 2.45) is 0 Å². The molecule has 0 unspecified atom stereocenters. The molecule has 0 aliphatic carbocycles. The molecular weight excluding hydrogens is 192 g/mol. The van der Waals surface area contributed by atoms with E-state index in [0.717, 1.165) is 11.3 Å². The molecule has 15 heavy (non-hydrogen) atoms. The van der Waals surface area contributed by atoms with Crippen LogP contribution >= 0.6 is 0 Å². The van der Waals surface area contributed by atoms with Crippen molar-refractivity contribution in [3.8, 4) is 0 Å². The maximum absolute atomic E-state index is 11.4. The molecule has 0 aromatic heterocycles. The van der Waals surface area contributed by atoms with E-state index in [-0.39, 0.29) is 18.2 Å². The number of hydrogen-bond acceptors (Lipinski definition) is 3. The molecule has 78 valence electrons. The van der Waals surface area contributed by atoms with Crippen molar-refractivity contribution in [2.75, 3.05) is 19.0 Å². The fourth-order valence-electron chi connectivity index (χ4n) is 1.64. The lowest BCUT2D eigenvalue weighted by Crippen LogP contribution is -2.37. The Morgan fingerprint density at radius 2 is 2.00 bits per heavy atom. The highest BCUT2D eigenvalue weighted by atomic mass is 16.2. The van der Waals surface area contributed by atoms with Gasteiger partial charge in [-0.1, -0.05) is 0 Å². The molecule has 1 heterocycles. The van der Waals surface area contributed by atoms with E-state index in [1.165, 1.54) is 0 Å². The Kier molecular flexibility index (Phi) is 2.19. The number of carbonyl (C=O) groups excluding carboxylic acids is 2. The normalized spacial score (nSPS) is 14.5. The van der Waals surface area contributed by atoms with Crippen LogP contribution in [0.4, 0.5) is 5.69 Å². The van der Waals surface area contributed by atoms with E-state index in [0.29, 0.717) is 5.56 Å². The van der Waals surface area contributed by atoms with E-state index in [4.69, 9.17) is 0 Å². The van der Waals surface area contributed by atoms with Gasteiger partial charge >= 0.3 is 0 Å². The molecule has 0 saturated heterocycles. The third-order valence-corrected chi connectivity index (χ3v) is 2.45. The van der Waals surface area contributed by atoms with Gasteiger partial charge in [0.25, 0.3) is 5.91 Å². The van der Waals surface area contributed by atoms with Gasteiger partial charge in [-0.3, -0.25) is 14.9 Å². The van der Waals surface area contributed by atoms with Gasteiger partial charge in [0.1, 0.15) is 0 Å². The van der Waals surface area contributed by atoms with Crippen molar-refractivity contribution in [2.45, 2.75) is 6.42 Å². The molecule has 4 nitrogen and oxygen atoms in total. The van der Waals surface area contributed by atoms with Gasteiger partial charge < -0.3 is 4.90 Å². The first-order valence-electron chi connectivity index (χ1n) is 4.72. The summed E-state index contributed by atoms with van der Waals surface area (Å²) in [5, 5.41) is 2.29. The van der Waals surface area contributed by atoms with Crippen LogP contribution in [0.1, 0.15) is 15.9 Å². The molecule has 1 aromatic carbocycles. The molecule has 1 aromatic rings. The summed E-state index contributed by atoms with van der Waals surface area (Å²) in [6.07, 6.45) is 0.281. The van der Waals surface area contributed by atoms with Crippen molar-refractivity contribution >= 4 is 17.5 Å². The number of amides is 2. The van der Waals surface area contributed by atoms with Gasteiger partial charge in [0.05, 0.1) is 6.42 Å². The lowest BCUT2D eigenvalue weighted by Gasteiger charge is -2.19. The first-order valence-corrected chi connectivity index (χ1v) is 4.72. The van der Waals surface area contributed by atoms with Crippen molar-refractivity contribution < 1.29 is 9.59 Å². The zero-order valence-electron chi connectivity index (χ0n) is 8.70. The fraction of sp³-hybridized carbons (Fsp3) is 0.273. The van der Waals surface area contributed by atoms with E-state index in [1.807, 2.05) is 31.1 Å². The average molecular weight is 204 g/mol. The fourth-order valence-corrected chi connectivity index (χ4v) is 1.64. The minimum atomic E-state index is -0.299. The number of nitrogens with one attached hydrogen (secondary N) is 1. The van der Waals surface area contributed by atoms with Crippen LogP contribution in [-0.2, 0) is 11.2 Å². The molecule has 1 aliphatic rings. The summed E-state index contributed by atoms with van der Waals surface area (Å²) >= 11 is 0. The van der Waals surface area contributed by atoms with Crippen LogP contribution in [0.5, 0.6) is 0 Å². The molecule has 2 rings (SSSR count). The first-order chi connectivity index (χ1) is 7.08. The molecule has 1 N–H and O–H groups in total. The smallest absolute Gasteiger partial charge is 0.258 e. The van der Waals surface area contributed by atoms with Crippen molar-refractivity contribution in [3.05, 3.63) is 29.3 Å². The standard InChI is InChI=1S/C11H12N2O2/c1-13(2)8-3-4-9-7(5-8)6-10(14)12-11(9)15/h3-5H,6H2,1-2H3,(H,12,14,15). The zero-order chi connectivity index (χ0) is 11.0. The summed E-state index contributed by atoms with van der Waals surface area (Å²) in [5.41, 5.74) is 2.39. The molecule has 2 amide bonds. The number of rotatable bonds is 1. The number of nitrogens with zero attached hydrogens (tertiary/aromatic N) is 1. The third-order valence-electron chi connectivity index (χ3n) is 2.45. The summed E-state index contributed by atoms with van der Waals surface area (Å²) in [4.78, 5) is 24.5. The van der Waals surface area contributed by atoms with Gasteiger partial charge in [0, 0.05) is 25.3 Å². The summed E-state index contributed by atoms with van der Waals surface area (Å²) in [6, 6.07) is 5.51. The Hall–Kier alpha value is -1.84. The number of hydrogen-bond donors (Lipinski definition) is 1. The Balaban J connectivity index is 2.48. The Morgan fingerprint density at radius 1 is 1.27 bits per heavy atom. The van der Waals surface area contributed by atoms with Crippen molar-refractivity contribution in [3.63, 3.8) is 0 Å². The van der Waals surface area contributed by atoms with Gasteiger partial charge in [-0.05, 0) is 23.8 Å². The summed E-state index contributed by atoms with van der Waals surface area (Å²) in [6.45, 7) is 0. The van der Waals surface area contributed by atoms with E-state index < -0.39 is 0 Å². The first kappa shape index (κ1) is 9.71. The van der Waals surface area contributed by atoms with Crippen molar-refractivity contribution in [1.29, 1.82) is 0 Å². The monoisotopic (exact) mass is 204 g/mol. The predicted octanol–water partition coefficient (Wildman–Crippen LogP) is 0.565. The predicted molar refractivity (Wildman–Crippen MR) is 56.9 cm³/mol. The lowest BCUT2D eigenvalue weighted by atomic mass is 9.99. The Labute approximate surface area is 87.9 Å². The Bertz CT molecular complexity index is 438. The molecular formula is C11H12N2O2. The highest BCUT2D eigenvalue weighted by Crippen LogP contribution is 2.20. The maximum Gasteiger partial charge on any atom is 0.258 e. The molecule has 0 fully saturated rings. The van der Waals surface area contributed by atoms with Crippen LogP contribution in [0.2, 0.25) is 0 Å². The highest BCUT2D eigenvalue weighted by Gasteiger charge is 2.22. The van der Waals surface area contributed by atoms with Crippen LogP contribution in [0.3, 0.4) is 0 Å². The molecule has 1 aliphatic heterocycles. The second-order valence-corrected chi connectivity index (χ2v) is 3.79. The van der Waals surface area contributed by atoms with Crippen molar-refractivity contribution in [1.82, 2.24) is 5.32 Å². The minimum absolute atomic E-state index is 0.233. The summed E-state index contributed by atoms with van der Waals surface area (Å²) in [7, 11) is 3.85. The number of carbonyl (C=O) groups is 2. The van der Waals surface area contributed by atoms with Crippen LogP contribution < -0.4 is 10.2 Å². The molecule has 0 atom stereocenters. The van der Waals surface area contributed by atoms with Gasteiger partial charge in [-0.15, -0.1) is 0 Å². The summed E-state index contributed by atoms with van der Waals surface area (Å²) in [5.74, 6) is -0.532. The molecule has 4 heteroatoms. The quantitative estimate of drug-likeness (QED) is 0.680. The van der Waals surface area contributed by atoms with Gasteiger partial charge in [-0.25, -0.2) is 0 Å². The highest BCUT2D eigenvalue weighted by molar-refractivity contribution is 6.09. The van der Waals surface area contributed by atoms with Crippen LogP contribution in [-0.4, -0.2) is 25.9 Å². The van der Waals surface area contributed by atoms with E-state index in [9.17, 15) is 9.59 Å². The second kappa shape index (κ2) is 3.38. The minimum Gasteiger partial charge on any atom is -0.378 e. The van der Waals surface area contributed by atoms with Gasteiger partial charge in [-0.2, -0.15) is 0 Å². The number of anilines is 1. The third kappa shape index (κ3) is 1.70. The SMILES string of the molecule is CN(C)c1ccc2c(c1)CC(=O)NC2=O. The van der Waals surface area contributed by atoms with Crippen LogP contribution in [0.15, 0.2) is 18.2 Å². The Morgan fingerprint density at radius 3 is 2.67 bits per heavy atom. The molecule has 0 bridgehead atoms. The number of benzene rings is 1. The molecule has 0 spiro atoms. The molecule has 0 radical (unpaired) electrons. The zero-order valence-corrected chi connectivity index (χ0v) is 8.70. The van der Waals surface area contributed by atoms with E-state index in [2.05, 4.69) is 5.32 Å². The number of fused-ring (bicyclic) bond motifs is 1. The van der Waals surface area contributed by atoms with Gasteiger partial charge in [0.15, 0.2) is 0 Å².